The van der Waals surface area contributed by atoms with E-state index in [9.17, 15) is 15.3 Å². The summed E-state index contributed by atoms with van der Waals surface area (Å²) in [4.78, 5) is 14.2. The maximum atomic E-state index is 11.9. The number of hydrogen-bond acceptors (Lipinski definition) is 5. The molecule has 0 radical (unpaired) electrons. The van der Waals surface area contributed by atoms with Gasteiger partial charge >= 0.3 is 0 Å². The van der Waals surface area contributed by atoms with Crippen molar-refractivity contribution in [2.24, 2.45) is 7.05 Å². The van der Waals surface area contributed by atoms with E-state index in [4.69, 9.17) is 5.73 Å². The normalized spacial score (nSPS) is 10.3. The molecule has 2 heterocycles. The fourth-order valence-electron chi connectivity index (χ4n) is 2.43. The number of nitrogens with zero attached hydrogens (tertiary/aromatic N) is 4. The maximum Gasteiger partial charge on any atom is 0.268 e. The average Bonchev–Trinajstić information content (AvgIpc) is 2.85. The second kappa shape index (κ2) is 4.76. The number of rotatable bonds is 1. The first-order valence-corrected chi connectivity index (χ1v) is 6.35. The summed E-state index contributed by atoms with van der Waals surface area (Å²) >= 11 is 0. The molecule has 2 aromatic heterocycles. The van der Waals surface area contributed by atoms with Gasteiger partial charge in [0.15, 0.2) is 0 Å². The highest BCUT2D eigenvalue weighted by molar-refractivity contribution is 5.88. The standard InChI is InChI=1S/C15H10N6O/c1-21-7-9-3-2-8(4-12(9)20-21)13-10(5-16)14(18)19-15(22)11(13)6-17/h2-4,7H,1H3,(H3,18,19,22). The van der Waals surface area contributed by atoms with E-state index in [0.29, 0.717) is 11.1 Å². The van der Waals surface area contributed by atoms with Crippen LogP contribution in [0.1, 0.15) is 11.1 Å². The van der Waals surface area contributed by atoms with Gasteiger partial charge < -0.3 is 10.7 Å². The van der Waals surface area contributed by atoms with Gasteiger partial charge in [-0.2, -0.15) is 15.6 Å². The molecule has 0 spiro atoms. The number of fused-ring (bicyclic) bond motifs is 1. The summed E-state index contributed by atoms with van der Waals surface area (Å²) in [7, 11) is 1.80. The fraction of sp³-hybridized carbons (Fsp3) is 0.0667. The molecule has 0 aliphatic carbocycles. The second-order valence-electron chi connectivity index (χ2n) is 4.79. The third-order valence-corrected chi connectivity index (χ3v) is 3.38. The molecule has 0 aliphatic heterocycles. The van der Waals surface area contributed by atoms with Crippen molar-refractivity contribution in [1.29, 1.82) is 10.5 Å². The van der Waals surface area contributed by atoms with Crippen LogP contribution in [0.2, 0.25) is 0 Å². The Labute approximate surface area is 124 Å². The number of hydrogen-bond donors (Lipinski definition) is 2. The van der Waals surface area contributed by atoms with E-state index in [1.165, 1.54) is 0 Å². The smallest absolute Gasteiger partial charge is 0.268 e. The molecule has 106 valence electrons. The summed E-state index contributed by atoms with van der Waals surface area (Å²) < 4.78 is 1.66. The second-order valence-corrected chi connectivity index (χ2v) is 4.79. The van der Waals surface area contributed by atoms with Crippen molar-refractivity contribution < 1.29 is 0 Å². The third-order valence-electron chi connectivity index (χ3n) is 3.38. The van der Waals surface area contributed by atoms with Crippen LogP contribution in [-0.2, 0) is 7.05 Å². The number of nitrogens with one attached hydrogen (secondary N) is 1. The van der Waals surface area contributed by atoms with Gasteiger partial charge in [0.25, 0.3) is 5.56 Å². The van der Waals surface area contributed by atoms with Gasteiger partial charge in [-0.05, 0) is 11.6 Å². The highest BCUT2D eigenvalue weighted by Gasteiger charge is 2.18. The predicted octanol–water partition coefficient (Wildman–Crippen LogP) is 1.25. The van der Waals surface area contributed by atoms with Gasteiger partial charge in [0.05, 0.1) is 5.52 Å². The van der Waals surface area contributed by atoms with Crippen LogP contribution < -0.4 is 11.3 Å². The highest BCUT2D eigenvalue weighted by atomic mass is 16.1. The van der Waals surface area contributed by atoms with E-state index in [1.54, 1.807) is 23.9 Å². The van der Waals surface area contributed by atoms with Gasteiger partial charge in [0.1, 0.15) is 29.1 Å². The number of pyridine rings is 1. The van der Waals surface area contributed by atoms with Crippen LogP contribution in [0, 0.1) is 22.7 Å². The van der Waals surface area contributed by atoms with Crippen LogP contribution >= 0.6 is 0 Å². The van der Waals surface area contributed by atoms with Crippen molar-refractivity contribution in [1.82, 2.24) is 14.8 Å². The topological polar surface area (TPSA) is 124 Å². The number of nitrogen functional groups attached to an aromatic ring is 1. The monoisotopic (exact) mass is 290 g/mol. The van der Waals surface area contributed by atoms with Crippen LogP contribution in [0.15, 0.2) is 29.2 Å². The van der Waals surface area contributed by atoms with Gasteiger partial charge in [-0.15, -0.1) is 0 Å². The molecule has 0 bridgehead atoms. The molecule has 0 atom stereocenters. The minimum Gasteiger partial charge on any atom is -0.384 e. The van der Waals surface area contributed by atoms with Gasteiger partial charge in [0, 0.05) is 24.2 Å². The van der Waals surface area contributed by atoms with Gasteiger partial charge in [0.2, 0.25) is 0 Å². The lowest BCUT2D eigenvalue weighted by Crippen LogP contribution is -2.16. The molecule has 0 saturated heterocycles. The first kappa shape index (κ1) is 13.4. The zero-order valence-corrected chi connectivity index (χ0v) is 11.6. The number of H-pyrrole nitrogens is 1. The van der Waals surface area contributed by atoms with Gasteiger partial charge in [-0.1, -0.05) is 12.1 Å². The van der Waals surface area contributed by atoms with Crippen molar-refractivity contribution in [2.75, 3.05) is 5.73 Å². The molecule has 0 aliphatic rings. The van der Waals surface area contributed by atoms with E-state index in [1.807, 2.05) is 24.4 Å². The van der Waals surface area contributed by atoms with E-state index in [-0.39, 0.29) is 22.5 Å². The molecule has 0 fully saturated rings. The fourth-order valence-corrected chi connectivity index (χ4v) is 2.43. The van der Waals surface area contributed by atoms with Crippen LogP contribution in [-0.4, -0.2) is 14.8 Å². The summed E-state index contributed by atoms with van der Waals surface area (Å²) in [6.07, 6.45) is 1.85. The largest absolute Gasteiger partial charge is 0.384 e. The molecule has 1 aromatic carbocycles. The lowest BCUT2D eigenvalue weighted by atomic mass is 9.96. The lowest BCUT2D eigenvalue weighted by Gasteiger charge is -2.08. The molecule has 22 heavy (non-hydrogen) atoms. The van der Waals surface area contributed by atoms with Crippen molar-refractivity contribution >= 4 is 16.7 Å². The Morgan fingerprint density at radius 3 is 2.68 bits per heavy atom. The summed E-state index contributed by atoms with van der Waals surface area (Å²) in [6.45, 7) is 0. The molecule has 0 amide bonds. The molecular weight excluding hydrogens is 280 g/mol. The van der Waals surface area contributed by atoms with Crippen molar-refractivity contribution in [3.05, 3.63) is 45.9 Å². The van der Waals surface area contributed by atoms with Gasteiger partial charge in [-0.3, -0.25) is 9.48 Å². The minimum atomic E-state index is -0.616. The van der Waals surface area contributed by atoms with E-state index >= 15 is 0 Å². The summed E-state index contributed by atoms with van der Waals surface area (Å²) in [5.74, 6) is -0.0531. The first-order chi connectivity index (χ1) is 10.5. The van der Waals surface area contributed by atoms with Crippen LogP contribution in [0.3, 0.4) is 0 Å². The quantitative estimate of drug-likeness (QED) is 0.698. The molecule has 3 rings (SSSR count). The van der Waals surface area contributed by atoms with E-state index < -0.39 is 5.56 Å². The van der Waals surface area contributed by atoms with Crippen LogP contribution in [0.25, 0.3) is 22.0 Å². The zero-order valence-electron chi connectivity index (χ0n) is 11.6. The Morgan fingerprint density at radius 2 is 2.00 bits per heavy atom. The number of nitriles is 2. The molecular formula is C15H10N6O. The Hall–Kier alpha value is -3.58. The SMILES string of the molecule is Cn1cc2ccc(-c3c(C#N)c(N)[nH]c(=O)c3C#N)cc2n1. The lowest BCUT2D eigenvalue weighted by molar-refractivity contribution is 0.780. The van der Waals surface area contributed by atoms with E-state index in [2.05, 4.69) is 10.1 Å². The minimum absolute atomic E-state index is 0.0531. The summed E-state index contributed by atoms with van der Waals surface area (Å²) in [5.41, 5.74) is 6.51. The Bertz CT molecular complexity index is 1040. The molecule has 7 heteroatoms. The highest BCUT2D eigenvalue weighted by Crippen LogP contribution is 2.30. The summed E-state index contributed by atoms with van der Waals surface area (Å²) in [6, 6.07) is 9.07. The van der Waals surface area contributed by atoms with Crippen molar-refractivity contribution in [3.8, 4) is 23.3 Å². The third kappa shape index (κ3) is 1.89. The first-order valence-electron chi connectivity index (χ1n) is 6.35. The van der Waals surface area contributed by atoms with Crippen molar-refractivity contribution in [3.63, 3.8) is 0 Å². The molecule has 0 saturated carbocycles. The Morgan fingerprint density at radius 1 is 1.27 bits per heavy atom. The Balaban J connectivity index is 2.41. The number of anilines is 1. The number of aromatic nitrogens is 3. The zero-order chi connectivity index (χ0) is 15.9. The molecule has 0 unspecified atom stereocenters. The number of aromatic amines is 1. The van der Waals surface area contributed by atoms with Crippen molar-refractivity contribution in [2.45, 2.75) is 0 Å². The number of benzene rings is 1. The van der Waals surface area contributed by atoms with Crippen LogP contribution in [0.5, 0.6) is 0 Å². The molecule has 3 aromatic rings. The van der Waals surface area contributed by atoms with E-state index in [0.717, 1.165) is 5.39 Å². The summed E-state index contributed by atoms with van der Waals surface area (Å²) in [5, 5.41) is 23.8. The van der Waals surface area contributed by atoms with Gasteiger partial charge in [-0.25, -0.2) is 0 Å². The average molecular weight is 290 g/mol. The molecule has 7 nitrogen and oxygen atoms in total. The Kier molecular flexibility index (Phi) is 2.90. The molecule has 3 N–H and O–H groups in total. The van der Waals surface area contributed by atoms with Crippen LogP contribution in [0.4, 0.5) is 5.82 Å². The maximum absolute atomic E-state index is 11.9. The predicted molar refractivity (Wildman–Crippen MR) is 80.6 cm³/mol. The number of nitrogens with two attached hydrogens (primary N) is 1. The number of aryl methyl sites for hydroxylation is 1.